The lowest BCUT2D eigenvalue weighted by atomic mass is 9.78. The minimum atomic E-state index is -0.332. The average molecular weight is 306 g/mol. The number of nitrogens with zero attached hydrogens (tertiary/aromatic N) is 2. The molecule has 3 heterocycles. The largest absolute Gasteiger partial charge is 0.494 e. The molecular formula is C17H15BN2O3. The Morgan fingerprint density at radius 1 is 1.09 bits per heavy atom. The van der Waals surface area contributed by atoms with Crippen LogP contribution >= 0.6 is 0 Å². The van der Waals surface area contributed by atoms with Gasteiger partial charge in [-0.05, 0) is 43.6 Å². The molecule has 3 aromatic rings. The van der Waals surface area contributed by atoms with Crippen LogP contribution in [-0.4, -0.2) is 28.3 Å². The van der Waals surface area contributed by atoms with E-state index in [2.05, 4.69) is 23.8 Å². The summed E-state index contributed by atoms with van der Waals surface area (Å²) in [6.45, 7) is 4.20. The fourth-order valence-corrected chi connectivity index (χ4v) is 3.28. The average Bonchev–Trinajstić information content (AvgIpc) is 2.89. The van der Waals surface area contributed by atoms with Gasteiger partial charge in [0.25, 0.3) is 0 Å². The summed E-state index contributed by atoms with van der Waals surface area (Å²) >= 11 is 0. The van der Waals surface area contributed by atoms with Gasteiger partial charge in [-0.1, -0.05) is 12.1 Å². The first-order valence-electron chi connectivity index (χ1n) is 7.74. The van der Waals surface area contributed by atoms with Crippen molar-refractivity contribution < 1.29 is 13.7 Å². The van der Waals surface area contributed by atoms with Gasteiger partial charge in [-0.25, -0.2) is 4.98 Å². The molecule has 23 heavy (non-hydrogen) atoms. The molecule has 2 aromatic heterocycles. The van der Waals surface area contributed by atoms with Crippen LogP contribution in [0.1, 0.15) is 20.3 Å². The van der Waals surface area contributed by atoms with E-state index in [9.17, 15) is 0 Å². The zero-order chi connectivity index (χ0) is 15.7. The number of oxazole rings is 1. The highest BCUT2D eigenvalue weighted by molar-refractivity contribution is 6.62. The molecule has 0 amide bonds. The minimum absolute atomic E-state index is 0.158. The Kier molecular flexibility index (Phi) is 2.43. The summed E-state index contributed by atoms with van der Waals surface area (Å²) in [7, 11) is -0.332. The van der Waals surface area contributed by atoms with Gasteiger partial charge in [0.1, 0.15) is 0 Å². The number of hydrogen-bond donors (Lipinski definition) is 0. The Hall–Kier alpha value is -2.18. The van der Waals surface area contributed by atoms with Gasteiger partial charge in [0.15, 0.2) is 11.2 Å². The monoisotopic (exact) mass is 306 g/mol. The lowest BCUT2D eigenvalue weighted by molar-refractivity contribution is 0.187. The highest BCUT2D eigenvalue weighted by atomic mass is 16.7. The zero-order valence-electron chi connectivity index (χ0n) is 12.9. The van der Waals surface area contributed by atoms with Gasteiger partial charge in [-0.15, -0.1) is 0 Å². The van der Waals surface area contributed by atoms with Crippen LogP contribution in [0.3, 0.4) is 0 Å². The topological polar surface area (TPSA) is 57.4 Å². The van der Waals surface area contributed by atoms with E-state index < -0.39 is 0 Å². The van der Waals surface area contributed by atoms with E-state index in [1.807, 2.05) is 36.4 Å². The van der Waals surface area contributed by atoms with Crippen molar-refractivity contribution in [2.24, 2.45) is 0 Å². The third kappa shape index (κ3) is 1.88. The third-order valence-corrected chi connectivity index (χ3v) is 4.97. The maximum absolute atomic E-state index is 6.08. The summed E-state index contributed by atoms with van der Waals surface area (Å²) in [6.07, 6.45) is 2.66. The molecular weight excluding hydrogens is 291 g/mol. The van der Waals surface area contributed by atoms with Crippen LogP contribution in [0.25, 0.3) is 22.7 Å². The van der Waals surface area contributed by atoms with Crippen LogP contribution in [0.5, 0.6) is 0 Å². The summed E-state index contributed by atoms with van der Waals surface area (Å²) in [5.74, 6) is 0.557. The number of hydrogen-bond acceptors (Lipinski definition) is 5. The SMILES string of the molecule is CC12CC1(C)OB(c1cccc(-c3nc4ncccc4o3)c1)O2. The summed E-state index contributed by atoms with van der Waals surface area (Å²) in [6, 6.07) is 11.6. The summed E-state index contributed by atoms with van der Waals surface area (Å²) in [5.41, 5.74) is 2.85. The number of fused-ring (bicyclic) bond motifs is 2. The molecule has 2 unspecified atom stereocenters. The van der Waals surface area contributed by atoms with Crippen molar-refractivity contribution in [3.63, 3.8) is 0 Å². The van der Waals surface area contributed by atoms with Crippen molar-refractivity contribution in [2.45, 2.75) is 31.5 Å². The number of rotatable bonds is 2. The molecule has 1 aliphatic heterocycles. The van der Waals surface area contributed by atoms with Crippen LogP contribution in [0.2, 0.25) is 0 Å². The smallest absolute Gasteiger partial charge is 0.434 e. The van der Waals surface area contributed by atoms with Crippen molar-refractivity contribution >= 4 is 23.8 Å². The van der Waals surface area contributed by atoms with Crippen molar-refractivity contribution in [2.75, 3.05) is 0 Å². The molecule has 5 nitrogen and oxygen atoms in total. The first-order valence-corrected chi connectivity index (χ1v) is 7.74. The second-order valence-electron chi connectivity index (χ2n) is 6.68. The molecule has 2 aliphatic rings. The molecule has 1 saturated heterocycles. The van der Waals surface area contributed by atoms with Crippen molar-refractivity contribution in [3.8, 4) is 11.5 Å². The first-order chi connectivity index (χ1) is 11.1. The molecule has 0 N–H and O–H groups in total. The number of aromatic nitrogens is 2. The van der Waals surface area contributed by atoms with Crippen molar-refractivity contribution in [1.82, 2.24) is 9.97 Å². The molecule has 2 fully saturated rings. The molecule has 5 rings (SSSR count). The van der Waals surface area contributed by atoms with Gasteiger partial charge in [0.05, 0.1) is 11.2 Å². The van der Waals surface area contributed by atoms with Gasteiger partial charge >= 0.3 is 7.12 Å². The van der Waals surface area contributed by atoms with E-state index in [0.29, 0.717) is 17.1 Å². The Bertz CT molecular complexity index is 878. The third-order valence-electron chi connectivity index (χ3n) is 4.97. The van der Waals surface area contributed by atoms with E-state index in [-0.39, 0.29) is 18.3 Å². The Balaban J connectivity index is 1.51. The van der Waals surface area contributed by atoms with E-state index in [0.717, 1.165) is 17.4 Å². The van der Waals surface area contributed by atoms with E-state index >= 15 is 0 Å². The van der Waals surface area contributed by atoms with Crippen LogP contribution in [0, 0.1) is 0 Å². The van der Waals surface area contributed by atoms with Crippen LogP contribution < -0.4 is 5.46 Å². The second-order valence-corrected chi connectivity index (χ2v) is 6.68. The number of pyridine rings is 1. The van der Waals surface area contributed by atoms with Gasteiger partial charge in [0.2, 0.25) is 5.89 Å². The quantitative estimate of drug-likeness (QED) is 0.681. The molecule has 0 radical (unpaired) electrons. The van der Waals surface area contributed by atoms with Crippen LogP contribution in [0.4, 0.5) is 0 Å². The van der Waals surface area contributed by atoms with Gasteiger partial charge < -0.3 is 13.7 Å². The maximum atomic E-state index is 6.08. The maximum Gasteiger partial charge on any atom is 0.494 e. The Labute approximate surface area is 133 Å². The van der Waals surface area contributed by atoms with Crippen molar-refractivity contribution in [3.05, 3.63) is 42.6 Å². The fraction of sp³-hybridized carbons (Fsp3) is 0.294. The van der Waals surface area contributed by atoms with E-state index in [1.54, 1.807) is 6.20 Å². The molecule has 6 heteroatoms. The number of benzene rings is 1. The van der Waals surface area contributed by atoms with Gasteiger partial charge in [-0.3, -0.25) is 0 Å². The zero-order valence-corrected chi connectivity index (χ0v) is 12.9. The van der Waals surface area contributed by atoms with Crippen LogP contribution in [0.15, 0.2) is 47.0 Å². The minimum Gasteiger partial charge on any atom is -0.434 e. The summed E-state index contributed by atoms with van der Waals surface area (Å²) < 4.78 is 17.9. The van der Waals surface area contributed by atoms with E-state index in [4.69, 9.17) is 13.7 Å². The Morgan fingerprint density at radius 3 is 2.70 bits per heavy atom. The lowest BCUT2D eigenvalue weighted by Gasteiger charge is -2.11. The predicted octanol–water partition coefficient (Wildman–Crippen LogP) is 2.55. The summed E-state index contributed by atoms with van der Waals surface area (Å²) in [5, 5.41) is 0. The predicted molar refractivity (Wildman–Crippen MR) is 86.2 cm³/mol. The van der Waals surface area contributed by atoms with Crippen molar-refractivity contribution in [1.29, 1.82) is 0 Å². The standard InChI is InChI=1S/C17H15BN2O3/c1-16-10-17(16,2)23-18(22-16)12-6-3-5-11(9-12)15-20-14-13(21-15)7-4-8-19-14/h3-9H,10H2,1-2H3. The van der Waals surface area contributed by atoms with E-state index in [1.165, 1.54) is 0 Å². The molecule has 0 spiro atoms. The fourth-order valence-electron chi connectivity index (χ4n) is 3.28. The highest BCUT2D eigenvalue weighted by Crippen LogP contribution is 2.58. The van der Waals surface area contributed by atoms with Crippen LogP contribution in [-0.2, 0) is 9.31 Å². The summed E-state index contributed by atoms with van der Waals surface area (Å²) in [4.78, 5) is 8.65. The Morgan fingerprint density at radius 2 is 1.91 bits per heavy atom. The molecule has 1 saturated carbocycles. The second kappa shape index (κ2) is 4.22. The molecule has 114 valence electrons. The van der Waals surface area contributed by atoms with Gasteiger partial charge in [0, 0.05) is 18.2 Å². The molecule has 1 aliphatic carbocycles. The molecule has 0 bridgehead atoms. The lowest BCUT2D eigenvalue weighted by Crippen LogP contribution is -2.35. The normalized spacial score (nSPS) is 29.0. The molecule has 1 aromatic carbocycles. The highest BCUT2D eigenvalue weighted by Gasteiger charge is 2.71. The molecule has 2 atom stereocenters. The first kappa shape index (κ1) is 13.3. The van der Waals surface area contributed by atoms with Gasteiger partial charge in [-0.2, -0.15) is 4.98 Å².